The number of fused-ring (bicyclic) bond motifs is 8. The van der Waals surface area contributed by atoms with Crippen molar-refractivity contribution in [3.8, 4) is 0 Å². The minimum Gasteiger partial charge on any atom is -0.363 e. The van der Waals surface area contributed by atoms with Crippen molar-refractivity contribution in [2.75, 3.05) is 13.1 Å². The highest BCUT2D eigenvalue weighted by atomic mass is 16.5. The maximum Gasteiger partial charge on any atom is 0.135 e. The second kappa shape index (κ2) is 12.7. The third-order valence-electron chi connectivity index (χ3n) is 12.7. The van der Waals surface area contributed by atoms with E-state index >= 15 is 0 Å². The molecule has 254 valence electrons. The largest absolute Gasteiger partial charge is 0.363 e. The monoisotopic (exact) mass is 675 g/mol. The molecule has 5 atom stereocenters. The predicted octanol–water partition coefficient (Wildman–Crippen LogP) is 11.7. The van der Waals surface area contributed by atoms with E-state index in [4.69, 9.17) is 9.72 Å². The normalized spacial score (nSPS) is 22.0. The zero-order chi connectivity index (χ0) is 34.6. The lowest BCUT2D eigenvalue weighted by Crippen LogP contribution is -2.67. The minimum absolute atomic E-state index is 0.125. The standard InChI is InChI=1S/C49H43N2O/c1-2-33-30-51(31-45-39-17-7-3-13-35(39)27-36-14-4-8-18-40(36)45)26-24-34(33)29-48(51)49(44-23-25-50-47-22-12-11-21-43(44)47)52-32-46-41-19-9-5-15-37(41)28-38-16-6-10-20-42(38)46/h2-23,25,27-28,33-34,48-49H,1,24,26,29-32H2/q+1/t33-,34-,48+,49-,51-/m0/s1. The molecule has 2 bridgehead atoms. The van der Waals surface area contributed by atoms with E-state index in [0.29, 0.717) is 18.4 Å². The Morgan fingerprint density at radius 2 is 1.21 bits per heavy atom. The summed E-state index contributed by atoms with van der Waals surface area (Å²) in [5.74, 6) is 1.09. The molecule has 0 saturated carbocycles. The topological polar surface area (TPSA) is 22.1 Å². The number of ether oxygens (including phenoxy) is 1. The molecule has 3 fully saturated rings. The zero-order valence-electron chi connectivity index (χ0n) is 29.5. The Labute approximate surface area is 305 Å². The smallest absolute Gasteiger partial charge is 0.135 e. The molecule has 3 aliphatic rings. The van der Waals surface area contributed by atoms with Gasteiger partial charge in [-0.15, -0.1) is 6.58 Å². The van der Waals surface area contributed by atoms with Crippen LogP contribution in [0, 0.1) is 11.8 Å². The highest BCUT2D eigenvalue weighted by molar-refractivity contribution is 6.03. The van der Waals surface area contributed by atoms with E-state index in [1.54, 1.807) is 0 Å². The van der Waals surface area contributed by atoms with Crippen molar-refractivity contribution in [3.05, 3.63) is 175 Å². The molecule has 3 aliphatic heterocycles. The number of para-hydroxylation sites is 1. The second-order valence-electron chi connectivity index (χ2n) is 15.3. The molecule has 0 aliphatic carbocycles. The summed E-state index contributed by atoms with van der Waals surface area (Å²) in [6.45, 7) is 8.11. The summed E-state index contributed by atoms with van der Waals surface area (Å²) in [4.78, 5) is 4.82. The molecule has 0 radical (unpaired) electrons. The maximum atomic E-state index is 7.57. The van der Waals surface area contributed by atoms with Crippen molar-refractivity contribution in [3.63, 3.8) is 0 Å². The van der Waals surface area contributed by atoms with E-state index in [0.717, 1.165) is 36.1 Å². The van der Waals surface area contributed by atoms with Crippen molar-refractivity contribution in [1.29, 1.82) is 0 Å². The van der Waals surface area contributed by atoms with Crippen LogP contribution in [0.15, 0.2) is 158 Å². The maximum absolute atomic E-state index is 7.57. The van der Waals surface area contributed by atoms with Gasteiger partial charge in [0.05, 0.1) is 25.2 Å². The highest BCUT2D eigenvalue weighted by Crippen LogP contribution is 2.50. The molecule has 7 aromatic carbocycles. The molecule has 3 nitrogen and oxygen atoms in total. The van der Waals surface area contributed by atoms with Crippen LogP contribution >= 0.6 is 0 Å². The fraction of sp³-hybridized carbons (Fsp3) is 0.204. The van der Waals surface area contributed by atoms with Gasteiger partial charge in [0.2, 0.25) is 0 Å². The first kappa shape index (κ1) is 31.4. The molecule has 52 heavy (non-hydrogen) atoms. The molecule has 0 unspecified atom stereocenters. The minimum atomic E-state index is -0.125. The van der Waals surface area contributed by atoms with Gasteiger partial charge in [0.25, 0.3) is 0 Å². The number of aromatic nitrogens is 1. The summed E-state index contributed by atoms with van der Waals surface area (Å²) in [6.07, 6.45) is 6.45. The summed E-state index contributed by atoms with van der Waals surface area (Å²) >= 11 is 0. The number of piperidine rings is 3. The molecule has 4 heterocycles. The first-order valence-electron chi connectivity index (χ1n) is 18.9. The summed E-state index contributed by atoms with van der Waals surface area (Å²) < 4.78 is 8.56. The quantitative estimate of drug-likeness (QED) is 0.0908. The van der Waals surface area contributed by atoms with E-state index in [2.05, 4.69) is 152 Å². The fourth-order valence-electron chi connectivity index (χ4n) is 10.2. The van der Waals surface area contributed by atoms with Gasteiger partial charge in [-0.3, -0.25) is 4.98 Å². The van der Waals surface area contributed by atoms with Crippen LogP contribution in [-0.2, 0) is 17.9 Å². The number of pyridine rings is 1. The summed E-state index contributed by atoms with van der Waals surface area (Å²) in [5.41, 5.74) is 5.00. The fourth-order valence-corrected chi connectivity index (χ4v) is 10.2. The van der Waals surface area contributed by atoms with Crippen LogP contribution in [0.1, 0.15) is 35.6 Å². The molecule has 0 amide bonds. The van der Waals surface area contributed by atoms with Gasteiger partial charge in [0.1, 0.15) is 18.7 Å². The molecule has 8 aromatic rings. The van der Waals surface area contributed by atoms with E-state index in [9.17, 15) is 0 Å². The Balaban J connectivity index is 1.16. The van der Waals surface area contributed by atoms with Gasteiger partial charge in [0.15, 0.2) is 0 Å². The van der Waals surface area contributed by atoms with Crippen LogP contribution in [0.25, 0.3) is 54.0 Å². The third kappa shape index (κ3) is 5.14. The molecule has 3 saturated heterocycles. The van der Waals surface area contributed by atoms with Crippen LogP contribution < -0.4 is 0 Å². The van der Waals surface area contributed by atoms with Crippen LogP contribution in [0.5, 0.6) is 0 Å². The number of benzene rings is 7. The van der Waals surface area contributed by atoms with E-state index in [-0.39, 0.29) is 12.1 Å². The van der Waals surface area contributed by atoms with E-state index in [1.807, 2.05) is 6.20 Å². The Kier molecular flexibility index (Phi) is 7.67. The molecule has 11 rings (SSSR count). The van der Waals surface area contributed by atoms with Gasteiger partial charge < -0.3 is 9.22 Å². The van der Waals surface area contributed by atoms with Crippen LogP contribution in [-0.4, -0.2) is 28.6 Å². The van der Waals surface area contributed by atoms with E-state index in [1.165, 1.54) is 71.6 Å². The molecular formula is C49H43N2O+. The van der Waals surface area contributed by atoms with Gasteiger partial charge >= 0.3 is 0 Å². The van der Waals surface area contributed by atoms with Crippen LogP contribution in [0.4, 0.5) is 0 Å². The Morgan fingerprint density at radius 3 is 1.81 bits per heavy atom. The second-order valence-corrected chi connectivity index (χ2v) is 15.3. The lowest BCUT2D eigenvalue weighted by atomic mass is 9.70. The van der Waals surface area contributed by atoms with Gasteiger partial charge in [0, 0.05) is 35.9 Å². The number of hydrogen-bond donors (Lipinski definition) is 0. The van der Waals surface area contributed by atoms with Crippen molar-refractivity contribution in [2.24, 2.45) is 11.8 Å². The summed E-state index contributed by atoms with van der Waals surface area (Å²) in [7, 11) is 0. The SMILES string of the molecule is C=C[C@H]1C[N@+]2(Cc3c4ccccc4cc4ccccc34)CC[C@H]1C[C@@H]2[C@@H](OCc1c2ccccc2cc2ccccc12)c1ccnc2ccccc12. The number of rotatable bonds is 8. The van der Waals surface area contributed by atoms with E-state index < -0.39 is 0 Å². The molecule has 1 aromatic heterocycles. The zero-order valence-corrected chi connectivity index (χ0v) is 29.5. The summed E-state index contributed by atoms with van der Waals surface area (Å²) in [5, 5.41) is 11.6. The van der Waals surface area contributed by atoms with Gasteiger partial charge in [-0.2, -0.15) is 0 Å². The van der Waals surface area contributed by atoms with Crippen LogP contribution in [0.3, 0.4) is 0 Å². The number of nitrogens with zero attached hydrogens (tertiary/aromatic N) is 2. The van der Waals surface area contributed by atoms with Crippen molar-refractivity contribution < 1.29 is 9.22 Å². The van der Waals surface area contributed by atoms with Crippen molar-refractivity contribution >= 4 is 54.0 Å². The average Bonchev–Trinajstić information content (AvgIpc) is 3.20. The summed E-state index contributed by atoms with van der Waals surface area (Å²) in [6, 6.07) is 51.4. The van der Waals surface area contributed by atoms with Gasteiger partial charge in [-0.1, -0.05) is 121 Å². The van der Waals surface area contributed by atoms with Crippen molar-refractivity contribution in [1.82, 2.24) is 4.98 Å². The number of hydrogen-bond acceptors (Lipinski definition) is 2. The molecule has 0 N–H and O–H groups in total. The number of quaternary nitrogens is 1. The Bertz CT molecular complexity index is 2530. The van der Waals surface area contributed by atoms with Gasteiger partial charge in [-0.25, -0.2) is 0 Å². The lowest BCUT2D eigenvalue weighted by Gasteiger charge is -2.58. The Hall–Kier alpha value is -5.35. The molecule has 0 spiro atoms. The van der Waals surface area contributed by atoms with Crippen LogP contribution in [0.2, 0.25) is 0 Å². The molecular weight excluding hydrogens is 633 g/mol. The third-order valence-corrected chi connectivity index (χ3v) is 12.7. The first-order valence-corrected chi connectivity index (χ1v) is 18.9. The molecule has 3 heteroatoms. The average molecular weight is 676 g/mol. The lowest BCUT2D eigenvalue weighted by molar-refractivity contribution is -0.984. The van der Waals surface area contributed by atoms with Gasteiger partial charge in [-0.05, 0) is 84.4 Å². The highest BCUT2D eigenvalue weighted by Gasteiger charge is 2.55. The first-order chi connectivity index (χ1) is 25.7. The Morgan fingerprint density at radius 1 is 0.673 bits per heavy atom. The van der Waals surface area contributed by atoms with Crippen molar-refractivity contribution in [2.45, 2.75) is 38.1 Å². The predicted molar refractivity (Wildman–Crippen MR) is 216 cm³/mol.